The minimum Gasteiger partial charge on any atom is -0.310 e. The molecule has 2 nitrogen and oxygen atoms in total. The van der Waals surface area contributed by atoms with Gasteiger partial charge < -0.3 is 9.88 Å². The summed E-state index contributed by atoms with van der Waals surface area (Å²) in [6, 6.07) is 64.9. The molecule has 0 N–H and O–H groups in total. The number of pyridine rings is 1. The van der Waals surface area contributed by atoms with Gasteiger partial charge in [0.15, 0.2) is 0 Å². The monoisotopic (exact) mass is 904 g/mol. The van der Waals surface area contributed by atoms with Crippen LogP contribution in [0.1, 0.15) is 52.7 Å². The first kappa shape index (κ1) is 38.7. The van der Waals surface area contributed by atoms with Crippen molar-refractivity contribution in [1.82, 2.24) is 4.98 Å². The van der Waals surface area contributed by atoms with Crippen LogP contribution >= 0.6 is 0 Å². The average molecular weight is 904 g/mol. The van der Waals surface area contributed by atoms with E-state index >= 15 is 0 Å². The smallest absolute Gasteiger partial charge is 0.0533 e. The van der Waals surface area contributed by atoms with E-state index in [2.05, 4.69) is 216 Å². The van der Waals surface area contributed by atoms with Crippen LogP contribution in [0.4, 0.5) is 17.1 Å². The van der Waals surface area contributed by atoms with Crippen molar-refractivity contribution < 1.29 is 20.1 Å². The second kappa shape index (κ2) is 15.9. The summed E-state index contributed by atoms with van der Waals surface area (Å²) in [6.45, 7) is 13.6. The predicted molar refractivity (Wildman–Crippen MR) is 234 cm³/mol. The Labute approximate surface area is 346 Å². The molecule has 8 rings (SSSR count). The van der Waals surface area contributed by atoms with Gasteiger partial charge in [0.25, 0.3) is 0 Å². The molecule has 0 fully saturated rings. The molecule has 7 aromatic carbocycles. The van der Waals surface area contributed by atoms with Crippen molar-refractivity contribution in [2.75, 3.05) is 4.90 Å². The number of para-hydroxylation sites is 2. The van der Waals surface area contributed by atoms with Crippen LogP contribution in [-0.4, -0.2) is 4.98 Å². The summed E-state index contributed by atoms with van der Waals surface area (Å²) in [5.74, 6) is 0. The van der Waals surface area contributed by atoms with Crippen molar-refractivity contribution in [2.24, 2.45) is 0 Å². The number of nitrogens with zero attached hydrogens (tertiary/aromatic N) is 2. The number of anilines is 3. The molecule has 279 valence electrons. The van der Waals surface area contributed by atoms with Gasteiger partial charge in [0.2, 0.25) is 0 Å². The molecule has 1 heterocycles. The standard InChI is InChI=1S/C53H47N2.Ir/c1-52(2,3)44-27-23-37(24-28-44)41-34-42(38-25-29-45(30-26-38)53(4,5)6)36-43(35-41)39-15-13-16-40(33-39)51-49-21-14-22-50(48(49)31-32-54-51)55(46-17-9-7-10-18-46)47-19-11-8-12-20-47;/h7-15,17-36H,1-6H3;/q-1;. The first-order valence-corrected chi connectivity index (χ1v) is 19.2. The third-order valence-electron chi connectivity index (χ3n) is 10.5. The summed E-state index contributed by atoms with van der Waals surface area (Å²) < 4.78 is 0. The van der Waals surface area contributed by atoms with Gasteiger partial charge in [0, 0.05) is 43.1 Å². The van der Waals surface area contributed by atoms with E-state index in [1.165, 1.54) is 33.4 Å². The molecule has 0 aliphatic carbocycles. The summed E-state index contributed by atoms with van der Waals surface area (Å²) in [5, 5.41) is 2.21. The fourth-order valence-corrected chi connectivity index (χ4v) is 7.42. The van der Waals surface area contributed by atoms with Crippen LogP contribution in [0.15, 0.2) is 176 Å². The van der Waals surface area contributed by atoms with Gasteiger partial charge in [-0.3, -0.25) is 0 Å². The van der Waals surface area contributed by atoms with Crippen molar-refractivity contribution in [3.8, 4) is 44.6 Å². The quantitative estimate of drug-likeness (QED) is 0.148. The Morgan fingerprint density at radius 2 is 0.946 bits per heavy atom. The Morgan fingerprint density at radius 1 is 0.446 bits per heavy atom. The molecular formula is C53H47IrN2-. The average Bonchev–Trinajstić information content (AvgIpc) is 3.21. The van der Waals surface area contributed by atoms with Crippen LogP contribution in [0.2, 0.25) is 0 Å². The fourth-order valence-electron chi connectivity index (χ4n) is 7.42. The Bertz CT molecular complexity index is 2460. The van der Waals surface area contributed by atoms with Gasteiger partial charge in [-0.2, -0.15) is 0 Å². The Kier molecular flexibility index (Phi) is 11.0. The van der Waals surface area contributed by atoms with Gasteiger partial charge >= 0.3 is 0 Å². The topological polar surface area (TPSA) is 16.1 Å². The summed E-state index contributed by atoms with van der Waals surface area (Å²) in [6.07, 6.45) is 1.93. The van der Waals surface area contributed by atoms with Crippen molar-refractivity contribution in [3.05, 3.63) is 193 Å². The maximum Gasteiger partial charge on any atom is 0.0533 e. The van der Waals surface area contributed by atoms with Gasteiger partial charge in [-0.15, -0.1) is 35.4 Å². The third kappa shape index (κ3) is 8.03. The minimum atomic E-state index is 0. The molecule has 8 aromatic rings. The van der Waals surface area contributed by atoms with Crippen LogP contribution in [0.25, 0.3) is 55.4 Å². The van der Waals surface area contributed by atoms with Gasteiger partial charge in [-0.05, 0) is 115 Å². The number of hydrogen-bond acceptors (Lipinski definition) is 2. The van der Waals surface area contributed by atoms with Crippen molar-refractivity contribution in [1.29, 1.82) is 0 Å². The van der Waals surface area contributed by atoms with Gasteiger partial charge in [-0.25, -0.2) is 0 Å². The third-order valence-corrected chi connectivity index (χ3v) is 10.5. The number of rotatable bonds is 7. The molecule has 0 unspecified atom stereocenters. The zero-order chi connectivity index (χ0) is 38.2. The van der Waals surface area contributed by atoms with E-state index in [1.54, 1.807) is 0 Å². The summed E-state index contributed by atoms with van der Waals surface area (Å²) in [7, 11) is 0. The molecule has 0 atom stereocenters. The van der Waals surface area contributed by atoms with Crippen LogP contribution < -0.4 is 4.90 Å². The zero-order valence-corrected chi connectivity index (χ0v) is 35.4. The first-order valence-electron chi connectivity index (χ1n) is 19.2. The maximum absolute atomic E-state index is 4.99. The van der Waals surface area contributed by atoms with E-state index in [4.69, 9.17) is 4.98 Å². The van der Waals surface area contributed by atoms with Crippen LogP contribution in [0.5, 0.6) is 0 Å². The summed E-state index contributed by atoms with van der Waals surface area (Å²) >= 11 is 0. The second-order valence-corrected chi connectivity index (χ2v) is 16.5. The molecule has 0 saturated carbocycles. The molecule has 0 bridgehead atoms. The van der Waals surface area contributed by atoms with Crippen molar-refractivity contribution in [3.63, 3.8) is 0 Å². The van der Waals surface area contributed by atoms with Crippen LogP contribution in [0, 0.1) is 6.07 Å². The van der Waals surface area contributed by atoms with E-state index < -0.39 is 0 Å². The zero-order valence-electron chi connectivity index (χ0n) is 33.0. The number of hydrogen-bond donors (Lipinski definition) is 0. The van der Waals surface area contributed by atoms with E-state index in [-0.39, 0.29) is 30.9 Å². The molecule has 3 heteroatoms. The van der Waals surface area contributed by atoms with Crippen molar-refractivity contribution in [2.45, 2.75) is 52.4 Å². The normalized spacial score (nSPS) is 11.6. The van der Waals surface area contributed by atoms with E-state index in [9.17, 15) is 0 Å². The largest absolute Gasteiger partial charge is 0.310 e. The molecule has 0 saturated heterocycles. The predicted octanol–water partition coefficient (Wildman–Crippen LogP) is 14.8. The first-order chi connectivity index (χ1) is 26.5. The molecule has 0 spiro atoms. The molecule has 0 amide bonds. The van der Waals surface area contributed by atoms with E-state index in [0.717, 1.165) is 50.2 Å². The summed E-state index contributed by atoms with van der Waals surface area (Å²) in [4.78, 5) is 7.32. The van der Waals surface area contributed by atoms with Crippen LogP contribution in [-0.2, 0) is 30.9 Å². The minimum absolute atomic E-state index is 0. The Morgan fingerprint density at radius 3 is 1.45 bits per heavy atom. The molecule has 56 heavy (non-hydrogen) atoms. The van der Waals surface area contributed by atoms with Crippen LogP contribution in [0.3, 0.4) is 0 Å². The SMILES string of the molecule is CC(C)(C)c1ccc(-c2cc(-c3ccc(C(C)(C)C)cc3)cc(-c3cc[c-]c(-c4nccc5c(N(c6ccccc6)c6ccccc6)cccc45)c3)c2)cc1.[Ir]. The Balaban J connectivity index is 0.00000480. The summed E-state index contributed by atoms with van der Waals surface area (Å²) in [5.41, 5.74) is 15.1. The van der Waals surface area contributed by atoms with Crippen molar-refractivity contribution >= 4 is 27.8 Å². The van der Waals surface area contributed by atoms with E-state index in [1.807, 2.05) is 12.3 Å². The molecule has 0 aliphatic rings. The number of benzene rings is 7. The van der Waals surface area contributed by atoms with Gasteiger partial charge in [-0.1, -0.05) is 139 Å². The molecule has 0 aliphatic heterocycles. The van der Waals surface area contributed by atoms with E-state index in [0.29, 0.717) is 0 Å². The fraction of sp³-hybridized carbons (Fsp3) is 0.151. The number of aromatic nitrogens is 1. The Hall–Kier alpha value is -5.60. The number of fused-ring (bicyclic) bond motifs is 1. The second-order valence-electron chi connectivity index (χ2n) is 16.5. The molecule has 1 aromatic heterocycles. The molecular weight excluding hydrogens is 857 g/mol. The molecule has 1 radical (unpaired) electrons. The van der Waals surface area contributed by atoms with Gasteiger partial charge in [0.05, 0.1) is 5.69 Å². The van der Waals surface area contributed by atoms with Gasteiger partial charge in [0.1, 0.15) is 0 Å². The maximum atomic E-state index is 4.99.